The molecule has 2 fully saturated rings. The minimum atomic E-state index is -1.09. The van der Waals surface area contributed by atoms with Crippen LogP contribution in [0.3, 0.4) is 0 Å². The molecule has 0 aromatic heterocycles. The van der Waals surface area contributed by atoms with Crippen LogP contribution < -0.4 is 4.74 Å². The number of benzene rings is 1. The number of rotatable bonds is 13. The second-order valence-electron chi connectivity index (χ2n) is 11.3. The molecule has 12 heteroatoms. The smallest absolute Gasteiger partial charge is 0.455 e. The summed E-state index contributed by atoms with van der Waals surface area (Å²) in [4.78, 5) is 39.0. The van der Waals surface area contributed by atoms with Crippen molar-refractivity contribution in [2.24, 2.45) is 17.8 Å². The van der Waals surface area contributed by atoms with Gasteiger partial charge in [-0.25, -0.2) is 0 Å². The van der Waals surface area contributed by atoms with Crippen LogP contribution in [0, 0.1) is 21.3 Å². The molecule has 228 valence electrons. The number of hydrogen-bond donors (Lipinski definition) is 4. The number of allylic oxidation sites excluding steroid dienone is 1. The Morgan fingerprint density at radius 2 is 1.95 bits per heavy atom. The normalized spacial score (nSPS) is 24.3. The largest absolute Gasteiger partial charge is 0.504 e. The van der Waals surface area contributed by atoms with Crippen LogP contribution in [0.15, 0.2) is 28.9 Å². The van der Waals surface area contributed by atoms with E-state index >= 15 is 0 Å². The van der Waals surface area contributed by atoms with Crippen LogP contribution in [-0.4, -0.2) is 76.5 Å². The molecule has 0 spiro atoms. The zero-order valence-electron chi connectivity index (χ0n) is 24.1. The number of halogens is 1. The van der Waals surface area contributed by atoms with Crippen molar-refractivity contribution >= 4 is 53.6 Å². The lowest BCUT2D eigenvalue weighted by atomic mass is 9.58. The van der Waals surface area contributed by atoms with Gasteiger partial charge in [0.25, 0.3) is 0 Å². The highest BCUT2D eigenvalue weighted by atomic mass is 127. The summed E-state index contributed by atoms with van der Waals surface area (Å²) in [6.07, 6.45) is 5.64. The van der Waals surface area contributed by atoms with E-state index in [9.17, 15) is 29.6 Å². The van der Waals surface area contributed by atoms with Crippen LogP contribution in [0.4, 0.5) is 0 Å². The van der Waals surface area contributed by atoms with Crippen molar-refractivity contribution < 1.29 is 44.1 Å². The molecule has 2 saturated heterocycles. The molecule has 0 unspecified atom stereocenters. The van der Waals surface area contributed by atoms with Crippen molar-refractivity contribution in [3.8, 4) is 11.5 Å². The molecule has 10 nitrogen and oxygen atoms in total. The number of aliphatic hydroxyl groups is 1. The molecular formula is C30H39BINO9. The highest BCUT2D eigenvalue weighted by molar-refractivity contribution is 14.1. The zero-order valence-corrected chi connectivity index (χ0v) is 26.2. The van der Waals surface area contributed by atoms with Crippen LogP contribution in [0.2, 0.25) is 6.32 Å². The molecule has 0 saturated carbocycles. The van der Waals surface area contributed by atoms with Gasteiger partial charge in [0.1, 0.15) is 0 Å². The Balaban J connectivity index is 1.51. The second-order valence-corrected chi connectivity index (χ2v) is 12.4. The van der Waals surface area contributed by atoms with Gasteiger partial charge in [-0.2, -0.15) is 0 Å². The van der Waals surface area contributed by atoms with Gasteiger partial charge in [-0.1, -0.05) is 25.0 Å². The highest BCUT2D eigenvalue weighted by Gasteiger charge is 2.57. The van der Waals surface area contributed by atoms with Gasteiger partial charge in [0.05, 0.1) is 35.2 Å². The van der Waals surface area contributed by atoms with Gasteiger partial charge < -0.3 is 29.7 Å². The van der Waals surface area contributed by atoms with Crippen molar-refractivity contribution in [2.75, 3.05) is 20.3 Å². The lowest BCUT2D eigenvalue weighted by Gasteiger charge is -2.43. The average molecular weight is 695 g/mol. The average Bonchev–Trinajstić information content (AvgIpc) is 3.20. The first-order valence-corrected chi connectivity index (χ1v) is 15.7. The minimum absolute atomic E-state index is 0.0546. The van der Waals surface area contributed by atoms with E-state index in [1.807, 2.05) is 12.1 Å². The fourth-order valence-corrected chi connectivity index (χ4v) is 7.28. The maximum absolute atomic E-state index is 13.6. The summed E-state index contributed by atoms with van der Waals surface area (Å²) in [6, 6.07) is 3.65. The molecule has 1 aromatic rings. The number of aromatic hydroxyl groups is 1. The molecule has 2 aliphatic heterocycles. The van der Waals surface area contributed by atoms with Gasteiger partial charge in [-0.15, -0.1) is 0 Å². The summed E-state index contributed by atoms with van der Waals surface area (Å²) in [5.41, 5.74) is 3.56. The monoisotopic (exact) mass is 695 g/mol. The maximum Gasteiger partial charge on any atom is 0.455 e. The van der Waals surface area contributed by atoms with Gasteiger partial charge >= 0.3 is 13.1 Å². The van der Waals surface area contributed by atoms with Gasteiger partial charge in [-0.3, -0.25) is 19.3 Å². The number of fused-ring (bicyclic) bond motifs is 3. The van der Waals surface area contributed by atoms with E-state index in [2.05, 4.69) is 29.5 Å². The molecule has 0 radical (unpaired) electrons. The molecule has 2 amide bonds. The number of phenolic OH excluding ortho intramolecular Hbond substituents is 1. The number of carbonyl (C=O) groups is 3. The molecular weight excluding hydrogens is 656 g/mol. The van der Waals surface area contributed by atoms with E-state index in [1.54, 1.807) is 6.07 Å². The van der Waals surface area contributed by atoms with E-state index in [0.717, 1.165) is 23.1 Å². The first kappa shape index (κ1) is 32.5. The SMILES string of the molecule is CC/C(=C\c1cc(I)c(O)c(OC)c1)CC[C@H]1OB(O)C[C@H]2C1=C(CO)C[C@H]1C(=O)N(CCCCCC(=O)O)C(=O)[C@H]12. The summed E-state index contributed by atoms with van der Waals surface area (Å²) < 4.78 is 12.0. The molecule has 3 aliphatic rings. The molecule has 1 aliphatic carbocycles. The van der Waals surface area contributed by atoms with Gasteiger partial charge in [-0.05, 0) is 102 Å². The molecule has 42 heavy (non-hydrogen) atoms. The maximum atomic E-state index is 13.6. The minimum Gasteiger partial charge on any atom is -0.504 e. The van der Waals surface area contributed by atoms with Gasteiger partial charge in [0, 0.05) is 13.0 Å². The van der Waals surface area contributed by atoms with E-state index < -0.39 is 36.9 Å². The van der Waals surface area contributed by atoms with Crippen molar-refractivity contribution in [1.29, 1.82) is 0 Å². The summed E-state index contributed by atoms with van der Waals surface area (Å²) in [5.74, 6) is -2.45. The number of amides is 2. The first-order valence-electron chi connectivity index (χ1n) is 14.6. The van der Waals surface area contributed by atoms with Crippen LogP contribution in [-0.2, 0) is 19.0 Å². The molecule has 4 atom stereocenters. The van der Waals surface area contributed by atoms with Crippen molar-refractivity contribution in [2.45, 2.75) is 70.7 Å². The third-order valence-electron chi connectivity index (χ3n) is 8.69. The van der Waals surface area contributed by atoms with Crippen molar-refractivity contribution in [1.82, 2.24) is 4.90 Å². The Morgan fingerprint density at radius 3 is 2.62 bits per heavy atom. The number of hydrogen-bond acceptors (Lipinski definition) is 8. The van der Waals surface area contributed by atoms with E-state index in [4.69, 9.17) is 14.5 Å². The fourth-order valence-electron chi connectivity index (χ4n) is 6.65. The number of imide groups is 1. The molecule has 1 aromatic carbocycles. The number of ether oxygens (including phenoxy) is 1. The molecule has 4 N–H and O–H groups in total. The number of carboxylic acids is 1. The predicted octanol–water partition coefficient (Wildman–Crippen LogP) is 4.01. The summed E-state index contributed by atoms with van der Waals surface area (Å²) in [6.45, 7) is 2.05. The number of aliphatic carboxylic acids is 1. The van der Waals surface area contributed by atoms with Crippen LogP contribution in [0.1, 0.15) is 63.9 Å². The van der Waals surface area contributed by atoms with Gasteiger partial charge in [0.2, 0.25) is 11.8 Å². The Bertz CT molecular complexity index is 1270. The zero-order chi connectivity index (χ0) is 30.6. The lowest BCUT2D eigenvalue weighted by molar-refractivity contribution is -0.141. The number of carbonyl (C=O) groups excluding carboxylic acids is 2. The van der Waals surface area contributed by atoms with Crippen LogP contribution in [0.5, 0.6) is 11.5 Å². The summed E-state index contributed by atoms with van der Waals surface area (Å²) in [7, 11) is 0.417. The van der Waals surface area contributed by atoms with Gasteiger partial charge in [0.15, 0.2) is 11.5 Å². The number of unbranched alkanes of at least 4 members (excludes halogenated alkanes) is 2. The predicted molar refractivity (Wildman–Crippen MR) is 165 cm³/mol. The lowest BCUT2D eigenvalue weighted by Crippen LogP contribution is -2.46. The number of carboxylic acid groups (broad SMARTS) is 1. The van der Waals surface area contributed by atoms with E-state index in [0.29, 0.717) is 47.0 Å². The summed E-state index contributed by atoms with van der Waals surface area (Å²) >= 11 is 2.06. The summed E-state index contributed by atoms with van der Waals surface area (Å²) in [5, 5.41) is 40.1. The van der Waals surface area contributed by atoms with E-state index in [-0.39, 0.29) is 49.9 Å². The molecule has 4 rings (SSSR count). The molecule has 2 heterocycles. The third-order valence-corrected chi connectivity index (χ3v) is 9.51. The number of phenols is 1. The Hall–Kier alpha value is -2.42. The second kappa shape index (κ2) is 14.4. The fraction of sp³-hybridized carbons (Fsp3) is 0.567. The Kier molecular flexibility index (Phi) is 11.1. The highest BCUT2D eigenvalue weighted by Crippen LogP contribution is 2.50. The van der Waals surface area contributed by atoms with Crippen molar-refractivity contribution in [3.63, 3.8) is 0 Å². The van der Waals surface area contributed by atoms with Crippen LogP contribution in [0.25, 0.3) is 6.08 Å². The first-order chi connectivity index (χ1) is 20.1. The standard InChI is InChI=1S/C30H39BINO9/c1-3-17(11-18-12-22(32)28(37)24(13-18)41-2)8-9-23-26-19(16-34)14-20-27(21(26)15-31(40)42-23)30(39)33(29(20)38)10-6-4-5-7-25(35)36/h11-13,20-21,23,27,34,37,40H,3-10,14-16H2,1-2H3,(H,35,36)/b17-11+/t20-,21+,23-,27-/m1/s1. The number of nitrogens with zero attached hydrogens (tertiary/aromatic N) is 1. The van der Waals surface area contributed by atoms with Crippen LogP contribution >= 0.6 is 22.6 Å². The third kappa shape index (κ3) is 7.03. The quantitative estimate of drug-likeness (QED) is 0.0789. The topological polar surface area (TPSA) is 154 Å². The Labute approximate surface area is 260 Å². The van der Waals surface area contributed by atoms with Crippen molar-refractivity contribution in [3.05, 3.63) is 38.0 Å². The number of methoxy groups -OCH3 is 1. The molecule has 0 bridgehead atoms. The Morgan fingerprint density at radius 1 is 1.19 bits per heavy atom. The number of aliphatic hydroxyl groups excluding tert-OH is 1. The van der Waals surface area contributed by atoms with E-state index in [1.165, 1.54) is 12.0 Å². The number of likely N-dealkylation sites (tertiary alicyclic amines) is 1.